The molecule has 3 rings (SSSR count). The van der Waals surface area contributed by atoms with Crippen molar-refractivity contribution < 1.29 is 0 Å². The Morgan fingerprint density at radius 3 is 2.40 bits per heavy atom. The maximum atomic E-state index is 5.88. The van der Waals surface area contributed by atoms with Gasteiger partial charge in [-0.1, -0.05) is 11.6 Å². The molecule has 1 aliphatic heterocycles. The maximum absolute atomic E-state index is 5.88. The van der Waals surface area contributed by atoms with Crippen molar-refractivity contribution >= 4 is 28.7 Å². The largest absolute Gasteiger partial charge is 0.372 e. The average Bonchev–Trinajstić information content (AvgIpc) is 2.49. The zero-order valence-electron chi connectivity index (χ0n) is 11.3. The predicted octanol–water partition coefficient (Wildman–Crippen LogP) is 4.47. The average molecular weight is 288 g/mol. The Balaban J connectivity index is 1.69. The van der Waals surface area contributed by atoms with E-state index in [1.807, 2.05) is 12.1 Å². The number of hydrogen-bond donors (Lipinski definition) is 1. The van der Waals surface area contributed by atoms with E-state index >= 15 is 0 Å². The molecular formula is C16H18ClN3. The van der Waals surface area contributed by atoms with Crippen molar-refractivity contribution in [3.8, 4) is 0 Å². The molecule has 0 unspecified atom stereocenters. The van der Waals surface area contributed by atoms with Crippen molar-refractivity contribution in [2.75, 3.05) is 23.3 Å². The summed E-state index contributed by atoms with van der Waals surface area (Å²) in [5.74, 6) is 0. The van der Waals surface area contributed by atoms with Gasteiger partial charge in [-0.05, 0) is 55.7 Å². The van der Waals surface area contributed by atoms with Crippen LogP contribution in [0.3, 0.4) is 0 Å². The first kappa shape index (κ1) is 13.3. The number of rotatable bonds is 3. The fourth-order valence-corrected chi connectivity index (χ4v) is 2.73. The van der Waals surface area contributed by atoms with E-state index in [4.69, 9.17) is 11.6 Å². The van der Waals surface area contributed by atoms with Gasteiger partial charge in [-0.2, -0.15) is 0 Å². The fraction of sp³-hybridized carbons (Fsp3) is 0.312. The first-order valence-electron chi connectivity index (χ1n) is 7.05. The highest BCUT2D eigenvalue weighted by Gasteiger charge is 2.10. The molecule has 2 aromatic rings. The van der Waals surface area contributed by atoms with Crippen molar-refractivity contribution in [1.29, 1.82) is 0 Å². The molecule has 0 amide bonds. The second kappa shape index (κ2) is 6.14. The van der Waals surface area contributed by atoms with E-state index in [1.54, 1.807) is 6.20 Å². The number of halogens is 1. The molecular weight excluding hydrogens is 270 g/mol. The van der Waals surface area contributed by atoms with Crippen LogP contribution < -0.4 is 10.2 Å². The third-order valence-corrected chi connectivity index (χ3v) is 3.81. The third-order valence-electron chi connectivity index (χ3n) is 3.60. The van der Waals surface area contributed by atoms with Gasteiger partial charge in [-0.25, -0.2) is 4.98 Å². The first-order valence-corrected chi connectivity index (χ1v) is 7.43. The summed E-state index contributed by atoms with van der Waals surface area (Å²) in [5, 5.41) is 3.83. The number of pyridine rings is 1. The summed E-state index contributed by atoms with van der Waals surface area (Å²) in [6.45, 7) is 2.35. The second-order valence-electron chi connectivity index (χ2n) is 5.09. The molecule has 0 atom stereocenters. The minimum Gasteiger partial charge on any atom is -0.372 e. The molecule has 0 spiro atoms. The molecule has 0 saturated carbocycles. The van der Waals surface area contributed by atoms with Crippen LogP contribution in [0.15, 0.2) is 42.6 Å². The van der Waals surface area contributed by atoms with Crippen LogP contribution in [0.4, 0.5) is 17.1 Å². The Kier molecular flexibility index (Phi) is 4.07. The lowest BCUT2D eigenvalue weighted by molar-refractivity contribution is 0.578. The van der Waals surface area contributed by atoms with E-state index < -0.39 is 0 Å². The summed E-state index contributed by atoms with van der Waals surface area (Å²) in [6, 6.07) is 12.3. The van der Waals surface area contributed by atoms with Crippen LogP contribution in [0, 0.1) is 0 Å². The molecule has 1 N–H and O–H groups in total. The zero-order valence-corrected chi connectivity index (χ0v) is 12.1. The maximum Gasteiger partial charge on any atom is 0.131 e. The van der Waals surface area contributed by atoms with Crippen LogP contribution in [-0.2, 0) is 0 Å². The lowest BCUT2D eigenvalue weighted by atomic mass is 10.1. The molecule has 0 bridgehead atoms. The molecule has 20 heavy (non-hydrogen) atoms. The summed E-state index contributed by atoms with van der Waals surface area (Å²) < 4.78 is 0. The second-order valence-corrected chi connectivity index (χ2v) is 5.47. The highest BCUT2D eigenvalue weighted by molar-refractivity contribution is 6.29. The Morgan fingerprint density at radius 1 is 0.950 bits per heavy atom. The van der Waals surface area contributed by atoms with Gasteiger partial charge in [0.2, 0.25) is 0 Å². The van der Waals surface area contributed by atoms with Gasteiger partial charge < -0.3 is 10.2 Å². The number of aromatic nitrogens is 1. The van der Waals surface area contributed by atoms with E-state index in [0.717, 1.165) is 11.4 Å². The summed E-state index contributed by atoms with van der Waals surface area (Å²) >= 11 is 5.88. The van der Waals surface area contributed by atoms with E-state index in [2.05, 4.69) is 39.5 Å². The van der Waals surface area contributed by atoms with Crippen LogP contribution >= 0.6 is 11.6 Å². The lowest BCUT2D eigenvalue weighted by Gasteiger charge is -2.28. The van der Waals surface area contributed by atoms with Gasteiger partial charge in [0.1, 0.15) is 5.15 Å². The normalized spacial score (nSPS) is 15.2. The van der Waals surface area contributed by atoms with Gasteiger partial charge in [0.25, 0.3) is 0 Å². The standard InChI is InChI=1S/C16H18ClN3/c17-16-12-14(8-9-18-16)19-13-4-6-15(7-5-13)20-10-2-1-3-11-20/h4-9,12H,1-3,10-11H2,(H,18,19). The van der Waals surface area contributed by atoms with E-state index in [-0.39, 0.29) is 0 Å². The molecule has 0 radical (unpaired) electrons. The van der Waals surface area contributed by atoms with Crippen LogP contribution in [0.25, 0.3) is 0 Å². The predicted molar refractivity (Wildman–Crippen MR) is 85.0 cm³/mol. The van der Waals surface area contributed by atoms with Crippen LogP contribution in [0.5, 0.6) is 0 Å². The minimum atomic E-state index is 0.500. The molecule has 4 heteroatoms. The molecule has 1 aromatic heterocycles. The van der Waals surface area contributed by atoms with Gasteiger partial charge in [-0.15, -0.1) is 0 Å². The Morgan fingerprint density at radius 2 is 1.70 bits per heavy atom. The minimum absolute atomic E-state index is 0.500. The summed E-state index contributed by atoms with van der Waals surface area (Å²) in [4.78, 5) is 6.43. The van der Waals surface area contributed by atoms with Crippen molar-refractivity contribution in [2.24, 2.45) is 0 Å². The van der Waals surface area contributed by atoms with E-state index in [0.29, 0.717) is 5.15 Å². The van der Waals surface area contributed by atoms with Crippen LogP contribution in [-0.4, -0.2) is 18.1 Å². The molecule has 104 valence electrons. The van der Waals surface area contributed by atoms with Crippen molar-refractivity contribution in [3.05, 3.63) is 47.7 Å². The van der Waals surface area contributed by atoms with Gasteiger partial charge in [0, 0.05) is 36.3 Å². The first-order chi connectivity index (χ1) is 9.81. The molecule has 2 heterocycles. The molecule has 1 aliphatic rings. The summed E-state index contributed by atoms with van der Waals surface area (Å²) in [5.41, 5.74) is 3.33. The number of piperidine rings is 1. The van der Waals surface area contributed by atoms with Gasteiger partial charge in [-0.3, -0.25) is 0 Å². The number of nitrogens with one attached hydrogen (secondary N) is 1. The van der Waals surface area contributed by atoms with Gasteiger partial charge in [0.05, 0.1) is 0 Å². The number of nitrogens with zero attached hydrogens (tertiary/aromatic N) is 2. The highest BCUT2D eigenvalue weighted by atomic mass is 35.5. The van der Waals surface area contributed by atoms with Crippen molar-refractivity contribution in [2.45, 2.75) is 19.3 Å². The highest BCUT2D eigenvalue weighted by Crippen LogP contribution is 2.24. The quantitative estimate of drug-likeness (QED) is 0.844. The van der Waals surface area contributed by atoms with E-state index in [9.17, 15) is 0 Å². The van der Waals surface area contributed by atoms with Crippen LogP contribution in [0.1, 0.15) is 19.3 Å². The summed E-state index contributed by atoms with van der Waals surface area (Å²) in [7, 11) is 0. The molecule has 1 fully saturated rings. The molecule has 1 saturated heterocycles. The smallest absolute Gasteiger partial charge is 0.131 e. The van der Waals surface area contributed by atoms with E-state index in [1.165, 1.54) is 38.0 Å². The lowest BCUT2D eigenvalue weighted by Crippen LogP contribution is -2.29. The monoisotopic (exact) mass is 287 g/mol. The topological polar surface area (TPSA) is 28.2 Å². The number of hydrogen-bond acceptors (Lipinski definition) is 3. The summed E-state index contributed by atoms with van der Waals surface area (Å²) in [6.07, 6.45) is 5.66. The molecule has 0 aliphatic carbocycles. The Labute approximate surface area is 124 Å². The Bertz CT molecular complexity index is 562. The van der Waals surface area contributed by atoms with Gasteiger partial charge >= 0.3 is 0 Å². The molecule has 1 aromatic carbocycles. The fourth-order valence-electron chi connectivity index (χ4n) is 2.55. The van der Waals surface area contributed by atoms with Crippen molar-refractivity contribution in [1.82, 2.24) is 4.98 Å². The number of benzene rings is 1. The number of anilines is 3. The van der Waals surface area contributed by atoms with Gasteiger partial charge in [0.15, 0.2) is 0 Å². The molecule has 3 nitrogen and oxygen atoms in total. The SMILES string of the molecule is Clc1cc(Nc2ccc(N3CCCCC3)cc2)ccn1. The Hall–Kier alpha value is -1.74. The zero-order chi connectivity index (χ0) is 13.8. The van der Waals surface area contributed by atoms with Crippen LogP contribution in [0.2, 0.25) is 5.15 Å². The van der Waals surface area contributed by atoms with Crippen molar-refractivity contribution in [3.63, 3.8) is 0 Å². The third kappa shape index (κ3) is 3.23.